The molecule has 0 N–H and O–H groups in total. The van der Waals surface area contributed by atoms with Gasteiger partial charge in [0.15, 0.2) is 0 Å². The van der Waals surface area contributed by atoms with E-state index in [1.807, 2.05) is 6.07 Å². The first kappa shape index (κ1) is 8.35. The third-order valence-electron chi connectivity index (χ3n) is 1.04. The zero-order valence-electron chi connectivity index (χ0n) is 5.27. The van der Waals surface area contributed by atoms with Crippen LogP contribution < -0.4 is 0 Å². The van der Waals surface area contributed by atoms with E-state index in [-0.39, 0.29) is 12.3 Å². The van der Waals surface area contributed by atoms with E-state index in [4.69, 9.17) is 5.26 Å². The van der Waals surface area contributed by atoms with Gasteiger partial charge in [0, 0.05) is 12.3 Å². The van der Waals surface area contributed by atoms with E-state index in [2.05, 4.69) is 0 Å². The minimum absolute atomic E-state index is 0.158. The van der Waals surface area contributed by atoms with E-state index in [0.29, 0.717) is 6.42 Å². The lowest BCUT2D eigenvalue weighted by Crippen LogP contribution is -1.95. The van der Waals surface area contributed by atoms with Crippen LogP contribution in [0, 0.1) is 17.2 Å². The molecule has 0 rings (SSSR count). The minimum atomic E-state index is -2.26. The second kappa shape index (κ2) is 4.25. The Balaban J connectivity index is 3.19. The van der Waals surface area contributed by atoms with Crippen molar-refractivity contribution >= 4 is 0 Å². The van der Waals surface area contributed by atoms with Crippen molar-refractivity contribution in [1.82, 2.24) is 0 Å². The second-order valence-corrected chi connectivity index (χ2v) is 2.00. The van der Waals surface area contributed by atoms with Gasteiger partial charge in [-0.05, 0) is 13.3 Å². The van der Waals surface area contributed by atoms with Crippen LogP contribution in [-0.4, -0.2) is 6.43 Å². The molecule has 0 saturated carbocycles. The zero-order chi connectivity index (χ0) is 7.28. The summed E-state index contributed by atoms with van der Waals surface area (Å²) in [4.78, 5) is 0. The van der Waals surface area contributed by atoms with Gasteiger partial charge in [-0.1, -0.05) is 0 Å². The molecule has 0 bridgehead atoms. The molecule has 0 aromatic heterocycles. The summed E-state index contributed by atoms with van der Waals surface area (Å²) in [6, 6.07) is 1.89. The summed E-state index contributed by atoms with van der Waals surface area (Å²) in [5.74, 6) is -0.237. The molecule has 0 fully saturated rings. The highest BCUT2D eigenvalue weighted by molar-refractivity contribution is 4.77. The Labute approximate surface area is 53.3 Å². The maximum atomic E-state index is 11.4. The molecule has 0 aliphatic carbocycles. The summed E-state index contributed by atoms with van der Waals surface area (Å²) < 4.78 is 22.8. The summed E-state index contributed by atoms with van der Waals surface area (Å²) in [6.45, 7) is 1.64. The van der Waals surface area contributed by atoms with Gasteiger partial charge in [-0.3, -0.25) is 0 Å². The highest BCUT2D eigenvalue weighted by Crippen LogP contribution is 2.09. The van der Waals surface area contributed by atoms with Crippen LogP contribution in [0.25, 0.3) is 0 Å². The van der Waals surface area contributed by atoms with Gasteiger partial charge in [0.2, 0.25) is 6.43 Å². The van der Waals surface area contributed by atoms with Gasteiger partial charge in [-0.15, -0.1) is 0 Å². The fourth-order valence-corrected chi connectivity index (χ4v) is 0.441. The van der Waals surface area contributed by atoms with Crippen LogP contribution in [0.3, 0.4) is 0 Å². The van der Waals surface area contributed by atoms with E-state index in [1.165, 1.54) is 0 Å². The van der Waals surface area contributed by atoms with Gasteiger partial charge in [0.25, 0.3) is 0 Å². The summed E-state index contributed by atoms with van der Waals surface area (Å²) in [5.41, 5.74) is 0. The normalized spacial score (nSPS) is 13.2. The molecule has 0 saturated heterocycles. The molecular weight excluding hydrogens is 124 g/mol. The largest absolute Gasteiger partial charge is 0.238 e. The third-order valence-corrected chi connectivity index (χ3v) is 1.04. The second-order valence-electron chi connectivity index (χ2n) is 2.00. The summed E-state index contributed by atoms with van der Waals surface area (Å²) >= 11 is 0. The average molecular weight is 133 g/mol. The third kappa shape index (κ3) is 5.22. The lowest BCUT2D eigenvalue weighted by molar-refractivity contribution is 0.131. The standard InChI is InChI=1S/C6H9F2N/c1-5(4-9)2-3-6(7)8/h5-6H,2-3H2,1H3. The number of alkyl halides is 2. The summed E-state index contributed by atoms with van der Waals surface area (Å²) in [7, 11) is 0. The maximum Gasteiger partial charge on any atom is 0.238 e. The van der Waals surface area contributed by atoms with Crippen molar-refractivity contribution in [3.8, 4) is 6.07 Å². The number of hydrogen-bond donors (Lipinski definition) is 0. The quantitative estimate of drug-likeness (QED) is 0.578. The molecule has 9 heavy (non-hydrogen) atoms. The number of nitrogens with zero attached hydrogens (tertiary/aromatic N) is 1. The molecule has 0 aliphatic heterocycles. The van der Waals surface area contributed by atoms with Crippen molar-refractivity contribution in [3.63, 3.8) is 0 Å². The monoisotopic (exact) mass is 133 g/mol. The predicted octanol–water partition coefficient (Wildman–Crippen LogP) is 2.19. The fourth-order valence-electron chi connectivity index (χ4n) is 0.441. The van der Waals surface area contributed by atoms with Crippen LogP contribution in [-0.2, 0) is 0 Å². The van der Waals surface area contributed by atoms with Gasteiger partial charge < -0.3 is 0 Å². The average Bonchev–Trinajstić information content (AvgIpc) is 1.83. The molecule has 1 unspecified atom stereocenters. The van der Waals surface area contributed by atoms with Crippen LogP contribution >= 0.6 is 0 Å². The van der Waals surface area contributed by atoms with Gasteiger partial charge in [0.1, 0.15) is 0 Å². The Kier molecular flexibility index (Phi) is 3.94. The Morgan fingerprint density at radius 2 is 2.00 bits per heavy atom. The van der Waals surface area contributed by atoms with Crippen LogP contribution in [0.2, 0.25) is 0 Å². The SMILES string of the molecule is CC(C#N)CCC(F)F. The van der Waals surface area contributed by atoms with Gasteiger partial charge in [-0.2, -0.15) is 5.26 Å². The maximum absolute atomic E-state index is 11.4. The molecule has 0 aromatic carbocycles. The molecule has 0 heterocycles. The lowest BCUT2D eigenvalue weighted by atomic mass is 10.1. The van der Waals surface area contributed by atoms with Crippen molar-refractivity contribution in [2.45, 2.75) is 26.2 Å². The molecule has 0 aliphatic rings. The van der Waals surface area contributed by atoms with Gasteiger partial charge in [-0.25, -0.2) is 8.78 Å². The van der Waals surface area contributed by atoms with Crippen molar-refractivity contribution in [1.29, 1.82) is 5.26 Å². The van der Waals surface area contributed by atoms with E-state index < -0.39 is 6.43 Å². The molecule has 1 atom stereocenters. The molecule has 1 nitrogen and oxygen atoms in total. The Hall–Kier alpha value is -0.650. The molecular formula is C6H9F2N. The van der Waals surface area contributed by atoms with Crippen molar-refractivity contribution in [2.24, 2.45) is 5.92 Å². The topological polar surface area (TPSA) is 23.8 Å². The zero-order valence-corrected chi connectivity index (χ0v) is 5.27. The molecule has 0 radical (unpaired) electrons. The van der Waals surface area contributed by atoms with E-state index in [9.17, 15) is 8.78 Å². The lowest BCUT2D eigenvalue weighted by Gasteiger charge is -1.98. The minimum Gasteiger partial charge on any atom is -0.211 e. The Morgan fingerprint density at radius 1 is 1.44 bits per heavy atom. The number of hydrogen-bond acceptors (Lipinski definition) is 1. The van der Waals surface area contributed by atoms with Crippen LogP contribution in [0.5, 0.6) is 0 Å². The van der Waals surface area contributed by atoms with Gasteiger partial charge in [0.05, 0.1) is 6.07 Å². The Bertz CT molecular complexity index is 106. The predicted molar refractivity (Wildman–Crippen MR) is 30.0 cm³/mol. The van der Waals surface area contributed by atoms with Gasteiger partial charge >= 0.3 is 0 Å². The van der Waals surface area contributed by atoms with Crippen LogP contribution in [0.15, 0.2) is 0 Å². The fraction of sp³-hybridized carbons (Fsp3) is 0.833. The first-order chi connectivity index (χ1) is 4.16. The number of rotatable bonds is 3. The molecule has 52 valence electrons. The number of halogens is 2. The van der Waals surface area contributed by atoms with Crippen molar-refractivity contribution in [3.05, 3.63) is 0 Å². The van der Waals surface area contributed by atoms with E-state index >= 15 is 0 Å². The number of nitriles is 1. The van der Waals surface area contributed by atoms with Crippen molar-refractivity contribution in [2.75, 3.05) is 0 Å². The van der Waals surface area contributed by atoms with Crippen molar-refractivity contribution < 1.29 is 8.78 Å². The summed E-state index contributed by atoms with van der Waals surface area (Å²) in [5, 5.41) is 8.15. The highest BCUT2D eigenvalue weighted by atomic mass is 19.3. The smallest absolute Gasteiger partial charge is 0.211 e. The van der Waals surface area contributed by atoms with Crippen LogP contribution in [0.1, 0.15) is 19.8 Å². The van der Waals surface area contributed by atoms with E-state index in [1.54, 1.807) is 6.92 Å². The first-order valence-corrected chi connectivity index (χ1v) is 2.84. The molecule has 0 spiro atoms. The van der Waals surface area contributed by atoms with E-state index in [0.717, 1.165) is 0 Å². The highest BCUT2D eigenvalue weighted by Gasteiger charge is 2.05. The molecule has 0 aromatic rings. The molecule has 3 heteroatoms. The van der Waals surface area contributed by atoms with Crippen LogP contribution in [0.4, 0.5) is 8.78 Å². The Morgan fingerprint density at radius 3 is 2.33 bits per heavy atom. The first-order valence-electron chi connectivity index (χ1n) is 2.84. The summed E-state index contributed by atoms with van der Waals surface area (Å²) in [6.07, 6.45) is -2.12. The molecule has 0 amide bonds.